The zero-order valence-electron chi connectivity index (χ0n) is 16.4. The number of amides is 1. The second kappa shape index (κ2) is 9.93. The monoisotopic (exact) mass is 409 g/mol. The van der Waals surface area contributed by atoms with Crippen LogP contribution in [0.2, 0.25) is 0 Å². The van der Waals surface area contributed by atoms with Crippen molar-refractivity contribution in [1.82, 2.24) is 9.78 Å². The number of carbonyl (C=O) groups excluding carboxylic acids is 2. The van der Waals surface area contributed by atoms with Crippen molar-refractivity contribution >= 4 is 29.3 Å². The Morgan fingerprint density at radius 2 is 1.83 bits per heavy atom. The fourth-order valence-electron chi connectivity index (χ4n) is 2.59. The highest BCUT2D eigenvalue weighted by molar-refractivity contribution is 7.99. The smallest absolute Gasteiger partial charge is 0.358 e. The zero-order valence-corrected chi connectivity index (χ0v) is 17.2. The first-order valence-electron chi connectivity index (χ1n) is 9.36. The first-order chi connectivity index (χ1) is 14.1. The Labute approximate surface area is 174 Å². The van der Waals surface area contributed by atoms with E-state index in [4.69, 9.17) is 4.74 Å². The van der Waals surface area contributed by atoms with Gasteiger partial charge < -0.3 is 10.1 Å². The molecular formula is C22H23N3O3S. The van der Waals surface area contributed by atoms with Crippen LogP contribution >= 0.6 is 11.8 Å². The minimum atomic E-state index is -0.447. The molecule has 0 aliphatic heterocycles. The molecular weight excluding hydrogens is 386 g/mol. The number of esters is 1. The van der Waals surface area contributed by atoms with Crippen LogP contribution < -0.4 is 5.32 Å². The highest BCUT2D eigenvalue weighted by Crippen LogP contribution is 2.20. The van der Waals surface area contributed by atoms with Crippen LogP contribution in [0.15, 0.2) is 66.9 Å². The first-order valence-corrected chi connectivity index (χ1v) is 10.4. The molecule has 29 heavy (non-hydrogen) atoms. The Morgan fingerprint density at radius 1 is 1.10 bits per heavy atom. The van der Waals surface area contributed by atoms with Gasteiger partial charge in [-0.2, -0.15) is 5.10 Å². The highest BCUT2D eigenvalue weighted by atomic mass is 32.2. The van der Waals surface area contributed by atoms with Crippen molar-refractivity contribution < 1.29 is 14.3 Å². The number of anilines is 1. The summed E-state index contributed by atoms with van der Waals surface area (Å²) >= 11 is 1.60. The number of rotatable bonds is 8. The van der Waals surface area contributed by atoms with E-state index in [1.807, 2.05) is 49.4 Å². The van der Waals surface area contributed by atoms with Gasteiger partial charge in [0.05, 0.1) is 17.5 Å². The predicted octanol–water partition coefficient (Wildman–Crippen LogP) is 4.31. The van der Waals surface area contributed by atoms with E-state index < -0.39 is 5.97 Å². The van der Waals surface area contributed by atoms with Gasteiger partial charge in [0, 0.05) is 17.6 Å². The molecule has 1 unspecified atom stereocenters. The third-order valence-corrected chi connectivity index (χ3v) is 5.40. The maximum Gasteiger partial charge on any atom is 0.358 e. The largest absolute Gasteiger partial charge is 0.461 e. The fourth-order valence-corrected chi connectivity index (χ4v) is 3.44. The molecule has 0 spiro atoms. The van der Waals surface area contributed by atoms with Crippen molar-refractivity contribution in [3.8, 4) is 5.69 Å². The van der Waals surface area contributed by atoms with Crippen molar-refractivity contribution in [2.75, 3.05) is 11.9 Å². The molecule has 2 aromatic carbocycles. The molecule has 1 heterocycles. The fraction of sp³-hybridized carbons (Fsp3) is 0.227. The third-order valence-electron chi connectivity index (χ3n) is 4.19. The lowest BCUT2D eigenvalue weighted by atomic mass is 10.2. The van der Waals surface area contributed by atoms with Gasteiger partial charge in [-0.3, -0.25) is 4.79 Å². The van der Waals surface area contributed by atoms with Gasteiger partial charge in [0.1, 0.15) is 0 Å². The van der Waals surface area contributed by atoms with Crippen LogP contribution in [-0.4, -0.2) is 33.5 Å². The van der Waals surface area contributed by atoms with E-state index in [0.717, 1.165) is 11.4 Å². The van der Waals surface area contributed by atoms with Crippen LogP contribution in [0, 0.1) is 0 Å². The molecule has 1 amide bonds. The normalized spacial score (nSPS) is 11.7. The van der Waals surface area contributed by atoms with Crippen LogP contribution in [0.4, 0.5) is 5.69 Å². The van der Waals surface area contributed by atoms with Crippen molar-refractivity contribution in [3.63, 3.8) is 0 Å². The summed E-state index contributed by atoms with van der Waals surface area (Å²) in [4.78, 5) is 24.2. The Bertz CT molecular complexity index is 955. The molecule has 1 N–H and O–H groups in total. The summed E-state index contributed by atoms with van der Waals surface area (Å²) in [6.07, 6.45) is 1.70. The van der Waals surface area contributed by atoms with Crippen LogP contribution in [0.3, 0.4) is 0 Å². The summed E-state index contributed by atoms with van der Waals surface area (Å²) < 4.78 is 6.54. The minimum Gasteiger partial charge on any atom is -0.461 e. The van der Waals surface area contributed by atoms with Crippen molar-refractivity contribution in [1.29, 1.82) is 0 Å². The molecule has 3 aromatic rings. The summed E-state index contributed by atoms with van der Waals surface area (Å²) in [7, 11) is 0. The number of carbonyl (C=O) groups is 2. The lowest BCUT2D eigenvalue weighted by molar-refractivity contribution is -0.115. The SMILES string of the molecule is CCOC(=O)c1ccn(-c2ccc(NC(=O)C(C)SCc3ccccc3)cc2)n1. The maximum atomic E-state index is 12.4. The van der Waals surface area contributed by atoms with Gasteiger partial charge in [-0.25, -0.2) is 9.48 Å². The number of ether oxygens (including phenoxy) is 1. The van der Waals surface area contributed by atoms with E-state index in [2.05, 4.69) is 22.5 Å². The van der Waals surface area contributed by atoms with Gasteiger partial charge in [-0.1, -0.05) is 30.3 Å². The molecule has 0 fully saturated rings. The number of nitrogens with one attached hydrogen (secondary N) is 1. The van der Waals surface area contributed by atoms with E-state index >= 15 is 0 Å². The van der Waals surface area contributed by atoms with Crippen LogP contribution in [0.1, 0.15) is 29.9 Å². The van der Waals surface area contributed by atoms with Gasteiger partial charge in [-0.15, -0.1) is 11.8 Å². The first kappa shape index (κ1) is 20.7. The third kappa shape index (κ3) is 5.71. The number of thioether (sulfide) groups is 1. The van der Waals surface area contributed by atoms with Gasteiger partial charge in [-0.05, 0) is 49.7 Å². The molecule has 7 heteroatoms. The van der Waals surface area contributed by atoms with E-state index in [-0.39, 0.29) is 16.9 Å². The average Bonchev–Trinajstić information content (AvgIpc) is 3.24. The predicted molar refractivity (Wildman–Crippen MR) is 115 cm³/mol. The molecule has 1 atom stereocenters. The molecule has 150 valence electrons. The summed E-state index contributed by atoms with van der Waals surface area (Å²) in [5, 5.41) is 6.98. The molecule has 0 bridgehead atoms. The lowest BCUT2D eigenvalue weighted by Crippen LogP contribution is -2.22. The number of aromatic nitrogens is 2. The quantitative estimate of drug-likeness (QED) is 0.561. The number of hydrogen-bond acceptors (Lipinski definition) is 5. The Balaban J connectivity index is 1.56. The second-order valence-corrected chi connectivity index (χ2v) is 7.67. The van der Waals surface area contributed by atoms with Crippen molar-refractivity contribution in [2.45, 2.75) is 24.9 Å². The van der Waals surface area contributed by atoms with Crippen LogP contribution in [0.5, 0.6) is 0 Å². The molecule has 0 radical (unpaired) electrons. The maximum absolute atomic E-state index is 12.4. The molecule has 3 rings (SSSR count). The summed E-state index contributed by atoms with van der Waals surface area (Å²) in [6.45, 7) is 3.96. The Hall–Kier alpha value is -3.06. The second-order valence-electron chi connectivity index (χ2n) is 6.34. The van der Waals surface area contributed by atoms with E-state index in [1.54, 1.807) is 35.6 Å². The molecule has 0 saturated carbocycles. The summed E-state index contributed by atoms with van der Waals surface area (Å²) in [5.74, 6) is 0.302. The number of benzene rings is 2. The summed E-state index contributed by atoms with van der Waals surface area (Å²) in [6, 6.07) is 19.0. The zero-order chi connectivity index (χ0) is 20.6. The van der Waals surface area contributed by atoms with E-state index in [9.17, 15) is 9.59 Å². The van der Waals surface area contributed by atoms with Gasteiger partial charge in [0.2, 0.25) is 5.91 Å². The molecule has 0 aliphatic rings. The Morgan fingerprint density at radius 3 is 2.52 bits per heavy atom. The topological polar surface area (TPSA) is 73.2 Å². The van der Waals surface area contributed by atoms with Crippen LogP contribution in [0.25, 0.3) is 5.69 Å². The lowest BCUT2D eigenvalue weighted by Gasteiger charge is -2.12. The van der Waals surface area contributed by atoms with Gasteiger partial charge in [0.25, 0.3) is 0 Å². The van der Waals surface area contributed by atoms with Gasteiger partial charge in [0.15, 0.2) is 5.69 Å². The Kier molecular flexibility index (Phi) is 7.08. The molecule has 0 aliphatic carbocycles. The van der Waals surface area contributed by atoms with E-state index in [0.29, 0.717) is 12.3 Å². The van der Waals surface area contributed by atoms with Crippen LogP contribution in [-0.2, 0) is 15.3 Å². The standard InChI is InChI=1S/C22H23N3O3S/c1-3-28-22(27)20-13-14-25(24-20)19-11-9-18(10-12-19)23-21(26)16(2)29-15-17-7-5-4-6-8-17/h4-14,16H,3,15H2,1-2H3,(H,23,26). The minimum absolute atomic E-state index is 0.0395. The summed E-state index contributed by atoms with van der Waals surface area (Å²) in [5.41, 5.74) is 2.95. The highest BCUT2D eigenvalue weighted by Gasteiger charge is 2.14. The van der Waals surface area contributed by atoms with Gasteiger partial charge >= 0.3 is 5.97 Å². The number of hydrogen-bond donors (Lipinski definition) is 1. The molecule has 0 saturated heterocycles. The molecule has 6 nitrogen and oxygen atoms in total. The van der Waals surface area contributed by atoms with Crippen molar-refractivity contribution in [2.24, 2.45) is 0 Å². The van der Waals surface area contributed by atoms with Crippen molar-refractivity contribution in [3.05, 3.63) is 78.1 Å². The average molecular weight is 410 g/mol. The van der Waals surface area contributed by atoms with E-state index in [1.165, 1.54) is 5.56 Å². The molecule has 1 aromatic heterocycles. The number of nitrogens with zero attached hydrogens (tertiary/aromatic N) is 2.